The predicted octanol–water partition coefficient (Wildman–Crippen LogP) is 3.21. The summed E-state index contributed by atoms with van der Waals surface area (Å²) in [5, 5.41) is 0. The summed E-state index contributed by atoms with van der Waals surface area (Å²) in [4.78, 5) is 2.35. The Morgan fingerprint density at radius 3 is 2.07 bits per heavy atom. The Morgan fingerprint density at radius 1 is 1.14 bits per heavy atom. The maximum absolute atomic E-state index is 4.21. The molecule has 0 fully saturated rings. The lowest BCUT2D eigenvalue weighted by Gasteiger charge is -2.26. The maximum atomic E-state index is 4.21. The molecule has 0 spiro atoms. The first-order valence-electron chi connectivity index (χ1n) is 5.32. The second kappa shape index (κ2) is 5.16. The number of benzene rings is 1. The van der Waals surface area contributed by atoms with Gasteiger partial charge in [0.05, 0.1) is 0 Å². The fourth-order valence-electron chi connectivity index (χ4n) is 1.66. The van der Waals surface area contributed by atoms with Crippen LogP contribution in [0.3, 0.4) is 0 Å². The van der Waals surface area contributed by atoms with Crippen LogP contribution in [0.1, 0.15) is 31.0 Å². The summed E-state index contributed by atoms with van der Waals surface area (Å²) in [6, 6.07) is 8.93. The minimum atomic E-state index is 0.283. The van der Waals surface area contributed by atoms with E-state index in [2.05, 4.69) is 56.9 Å². The standard InChI is InChI=1S/C13H20N/c1-5-14(6-2)12(4)13-9-7-11(3)8-10-13/h7-10,12H,4-6H2,1-3H3. The van der Waals surface area contributed by atoms with Crippen molar-refractivity contribution in [2.24, 2.45) is 0 Å². The molecule has 0 heterocycles. The predicted molar refractivity (Wildman–Crippen MR) is 62.2 cm³/mol. The van der Waals surface area contributed by atoms with Crippen molar-refractivity contribution in [2.45, 2.75) is 26.8 Å². The molecule has 0 aliphatic heterocycles. The van der Waals surface area contributed by atoms with Gasteiger partial charge in [-0.3, -0.25) is 4.90 Å². The van der Waals surface area contributed by atoms with Crippen molar-refractivity contribution < 1.29 is 0 Å². The number of hydrogen-bond acceptors (Lipinski definition) is 1. The molecule has 1 atom stereocenters. The molecule has 1 heteroatoms. The second-order valence-electron chi connectivity index (χ2n) is 3.65. The van der Waals surface area contributed by atoms with Crippen molar-refractivity contribution in [1.29, 1.82) is 0 Å². The third kappa shape index (κ3) is 2.58. The van der Waals surface area contributed by atoms with Crippen molar-refractivity contribution in [2.75, 3.05) is 13.1 Å². The SMILES string of the molecule is [CH2]C(c1ccc(C)cc1)N(CC)CC. The highest BCUT2D eigenvalue weighted by Crippen LogP contribution is 2.19. The highest BCUT2D eigenvalue weighted by Gasteiger charge is 2.11. The van der Waals surface area contributed by atoms with E-state index in [9.17, 15) is 0 Å². The zero-order valence-corrected chi connectivity index (χ0v) is 9.46. The van der Waals surface area contributed by atoms with Gasteiger partial charge in [0.15, 0.2) is 0 Å². The van der Waals surface area contributed by atoms with Gasteiger partial charge < -0.3 is 0 Å². The Balaban J connectivity index is 2.77. The number of nitrogens with zero attached hydrogens (tertiary/aromatic N) is 1. The van der Waals surface area contributed by atoms with Gasteiger partial charge in [-0.1, -0.05) is 43.7 Å². The van der Waals surface area contributed by atoms with Crippen LogP contribution in [0.15, 0.2) is 24.3 Å². The smallest absolute Gasteiger partial charge is 0.0348 e. The molecular weight excluding hydrogens is 170 g/mol. The summed E-state index contributed by atoms with van der Waals surface area (Å²) in [5.74, 6) is 0. The van der Waals surface area contributed by atoms with E-state index in [0.717, 1.165) is 13.1 Å². The highest BCUT2D eigenvalue weighted by molar-refractivity contribution is 5.24. The van der Waals surface area contributed by atoms with Crippen LogP contribution in [0.25, 0.3) is 0 Å². The summed E-state index contributed by atoms with van der Waals surface area (Å²) >= 11 is 0. The highest BCUT2D eigenvalue weighted by atomic mass is 15.1. The molecule has 0 amide bonds. The van der Waals surface area contributed by atoms with Crippen molar-refractivity contribution in [3.8, 4) is 0 Å². The molecule has 0 saturated carbocycles. The molecule has 1 rings (SSSR count). The minimum Gasteiger partial charge on any atom is -0.297 e. The molecule has 0 aromatic heterocycles. The molecule has 1 nitrogen and oxygen atoms in total. The van der Waals surface area contributed by atoms with E-state index in [1.54, 1.807) is 0 Å². The molecule has 1 unspecified atom stereocenters. The van der Waals surface area contributed by atoms with Crippen LogP contribution in [-0.2, 0) is 0 Å². The Hall–Kier alpha value is -0.820. The van der Waals surface area contributed by atoms with E-state index in [4.69, 9.17) is 0 Å². The average molecular weight is 190 g/mol. The minimum absolute atomic E-state index is 0.283. The van der Waals surface area contributed by atoms with Crippen molar-refractivity contribution in [1.82, 2.24) is 4.90 Å². The average Bonchev–Trinajstić information content (AvgIpc) is 2.20. The zero-order chi connectivity index (χ0) is 10.6. The fraction of sp³-hybridized carbons (Fsp3) is 0.462. The van der Waals surface area contributed by atoms with Crippen LogP contribution < -0.4 is 0 Å². The lowest BCUT2D eigenvalue weighted by atomic mass is 10.1. The maximum Gasteiger partial charge on any atom is 0.0348 e. The topological polar surface area (TPSA) is 3.24 Å². The van der Waals surface area contributed by atoms with Gasteiger partial charge in [-0.15, -0.1) is 0 Å². The monoisotopic (exact) mass is 190 g/mol. The second-order valence-corrected chi connectivity index (χ2v) is 3.65. The molecule has 1 radical (unpaired) electrons. The van der Waals surface area contributed by atoms with Crippen LogP contribution in [0, 0.1) is 13.8 Å². The largest absolute Gasteiger partial charge is 0.297 e. The number of hydrogen-bond donors (Lipinski definition) is 0. The third-order valence-electron chi connectivity index (χ3n) is 2.72. The zero-order valence-electron chi connectivity index (χ0n) is 9.46. The Kier molecular flexibility index (Phi) is 4.15. The van der Waals surface area contributed by atoms with Gasteiger partial charge >= 0.3 is 0 Å². The van der Waals surface area contributed by atoms with E-state index in [1.165, 1.54) is 11.1 Å². The van der Waals surface area contributed by atoms with Crippen LogP contribution in [-0.4, -0.2) is 18.0 Å². The molecule has 77 valence electrons. The van der Waals surface area contributed by atoms with Gasteiger partial charge in [-0.25, -0.2) is 0 Å². The van der Waals surface area contributed by atoms with Crippen molar-refractivity contribution >= 4 is 0 Å². The Morgan fingerprint density at radius 2 is 1.64 bits per heavy atom. The first-order chi connectivity index (χ1) is 6.69. The van der Waals surface area contributed by atoms with E-state index >= 15 is 0 Å². The lowest BCUT2D eigenvalue weighted by molar-refractivity contribution is 0.255. The van der Waals surface area contributed by atoms with Gasteiger partial charge in [-0.2, -0.15) is 0 Å². The molecule has 0 aliphatic rings. The summed E-state index contributed by atoms with van der Waals surface area (Å²) in [5.41, 5.74) is 2.61. The molecular formula is C13H20N. The van der Waals surface area contributed by atoms with Crippen LogP contribution >= 0.6 is 0 Å². The molecule has 0 N–H and O–H groups in total. The first kappa shape index (κ1) is 11.3. The van der Waals surface area contributed by atoms with Crippen molar-refractivity contribution in [3.63, 3.8) is 0 Å². The van der Waals surface area contributed by atoms with E-state index in [1.807, 2.05) is 0 Å². The quantitative estimate of drug-likeness (QED) is 0.704. The molecule has 0 aliphatic carbocycles. The van der Waals surface area contributed by atoms with Gasteiger partial charge in [0.1, 0.15) is 0 Å². The molecule has 0 bridgehead atoms. The molecule has 1 aromatic carbocycles. The van der Waals surface area contributed by atoms with Crippen LogP contribution in [0.4, 0.5) is 0 Å². The number of rotatable bonds is 4. The van der Waals surface area contributed by atoms with Crippen LogP contribution in [0.5, 0.6) is 0 Å². The van der Waals surface area contributed by atoms with Gasteiger partial charge in [0.25, 0.3) is 0 Å². The van der Waals surface area contributed by atoms with E-state index in [0.29, 0.717) is 0 Å². The number of aryl methyl sites for hydroxylation is 1. The first-order valence-corrected chi connectivity index (χ1v) is 5.32. The molecule has 14 heavy (non-hydrogen) atoms. The summed E-state index contributed by atoms with van der Waals surface area (Å²) < 4.78 is 0. The van der Waals surface area contributed by atoms with Gasteiger partial charge in [-0.05, 0) is 32.5 Å². The van der Waals surface area contributed by atoms with Crippen molar-refractivity contribution in [3.05, 3.63) is 42.3 Å². The Labute approximate surface area is 87.7 Å². The van der Waals surface area contributed by atoms with Gasteiger partial charge in [0.2, 0.25) is 0 Å². The van der Waals surface area contributed by atoms with Gasteiger partial charge in [0, 0.05) is 6.04 Å². The fourth-order valence-corrected chi connectivity index (χ4v) is 1.66. The Bertz CT molecular complexity index is 259. The van der Waals surface area contributed by atoms with E-state index in [-0.39, 0.29) is 6.04 Å². The summed E-state index contributed by atoms with van der Waals surface area (Å²) in [7, 11) is 0. The molecule has 0 saturated heterocycles. The summed E-state index contributed by atoms with van der Waals surface area (Å²) in [6.07, 6.45) is 0. The van der Waals surface area contributed by atoms with E-state index < -0.39 is 0 Å². The lowest BCUT2D eigenvalue weighted by Crippen LogP contribution is -2.26. The molecule has 1 aromatic rings. The third-order valence-corrected chi connectivity index (χ3v) is 2.72. The summed E-state index contributed by atoms with van der Waals surface area (Å²) in [6.45, 7) is 12.8. The normalized spacial score (nSPS) is 13.2. The van der Waals surface area contributed by atoms with Crippen LogP contribution in [0.2, 0.25) is 0 Å².